The van der Waals surface area contributed by atoms with E-state index in [2.05, 4.69) is 13.8 Å². The number of Topliss-reactive ketones (excluding diaryl/α,β-unsaturated/α-hetero) is 1. The molecule has 0 fully saturated rings. The standard InChI is InChI=1S/C7H8OS.C3H8/c1-6(8)5-7-3-2-4-9-7;1-3-2/h2-4H,5H2,1H3;3H2,1-2H3. The van der Waals surface area contributed by atoms with Crippen molar-refractivity contribution in [3.05, 3.63) is 22.4 Å². The largest absolute Gasteiger partial charge is 0.300 e. The van der Waals surface area contributed by atoms with Crippen molar-refractivity contribution in [2.24, 2.45) is 0 Å². The molecule has 0 aromatic carbocycles. The Hall–Kier alpha value is -0.630. The van der Waals surface area contributed by atoms with E-state index in [-0.39, 0.29) is 5.78 Å². The SMILES string of the molecule is CC(=O)Cc1cccs1.CCC. The number of carbonyl (C=O) groups is 1. The highest BCUT2D eigenvalue weighted by Crippen LogP contribution is 2.08. The van der Waals surface area contributed by atoms with Crippen LogP contribution in [0.15, 0.2) is 17.5 Å². The van der Waals surface area contributed by atoms with E-state index in [1.54, 1.807) is 18.3 Å². The first-order valence-corrected chi connectivity index (χ1v) is 5.10. The van der Waals surface area contributed by atoms with Crippen LogP contribution in [-0.4, -0.2) is 5.78 Å². The van der Waals surface area contributed by atoms with E-state index in [0.717, 1.165) is 4.88 Å². The predicted molar refractivity (Wildman–Crippen MR) is 54.7 cm³/mol. The zero-order valence-corrected chi connectivity index (χ0v) is 8.78. The van der Waals surface area contributed by atoms with Crippen LogP contribution in [0.5, 0.6) is 0 Å². The van der Waals surface area contributed by atoms with Gasteiger partial charge < -0.3 is 0 Å². The van der Waals surface area contributed by atoms with Gasteiger partial charge in [-0.25, -0.2) is 0 Å². The van der Waals surface area contributed by atoms with Crippen molar-refractivity contribution in [2.75, 3.05) is 0 Å². The summed E-state index contributed by atoms with van der Waals surface area (Å²) in [4.78, 5) is 11.7. The Kier molecular flexibility index (Phi) is 6.67. The Morgan fingerprint density at radius 3 is 2.42 bits per heavy atom. The average molecular weight is 184 g/mol. The van der Waals surface area contributed by atoms with Crippen molar-refractivity contribution in [1.82, 2.24) is 0 Å². The molecule has 1 aromatic rings. The zero-order chi connectivity index (χ0) is 9.40. The van der Waals surface area contributed by atoms with Crippen molar-refractivity contribution in [1.29, 1.82) is 0 Å². The number of hydrogen-bond acceptors (Lipinski definition) is 2. The Morgan fingerprint density at radius 2 is 2.08 bits per heavy atom. The van der Waals surface area contributed by atoms with Crippen LogP contribution in [0.25, 0.3) is 0 Å². The van der Waals surface area contributed by atoms with Crippen LogP contribution in [0.2, 0.25) is 0 Å². The predicted octanol–water partition coefficient (Wildman–Crippen LogP) is 3.30. The molecule has 0 spiro atoms. The fourth-order valence-corrected chi connectivity index (χ4v) is 1.43. The molecule has 0 aliphatic rings. The van der Waals surface area contributed by atoms with Gasteiger partial charge in [-0.15, -0.1) is 11.3 Å². The third-order valence-electron chi connectivity index (χ3n) is 1.00. The molecule has 0 amide bonds. The Labute approximate surface area is 78.4 Å². The molecule has 1 heterocycles. The topological polar surface area (TPSA) is 17.1 Å². The van der Waals surface area contributed by atoms with Crippen LogP contribution >= 0.6 is 11.3 Å². The summed E-state index contributed by atoms with van der Waals surface area (Å²) in [5.41, 5.74) is 0. The summed E-state index contributed by atoms with van der Waals surface area (Å²) >= 11 is 1.63. The Morgan fingerprint density at radius 1 is 1.50 bits per heavy atom. The van der Waals surface area contributed by atoms with E-state index in [1.807, 2.05) is 17.5 Å². The molecule has 0 saturated heterocycles. The average Bonchev–Trinajstić information content (AvgIpc) is 2.40. The summed E-state index contributed by atoms with van der Waals surface area (Å²) in [6.07, 6.45) is 1.84. The molecule has 0 N–H and O–H groups in total. The zero-order valence-electron chi connectivity index (χ0n) is 7.96. The summed E-state index contributed by atoms with van der Waals surface area (Å²) in [7, 11) is 0. The first kappa shape index (κ1) is 11.4. The van der Waals surface area contributed by atoms with Crippen LogP contribution < -0.4 is 0 Å². The quantitative estimate of drug-likeness (QED) is 0.689. The third kappa shape index (κ3) is 6.10. The molecular formula is C10H16OS. The fraction of sp³-hybridized carbons (Fsp3) is 0.500. The minimum Gasteiger partial charge on any atom is -0.300 e. The lowest BCUT2D eigenvalue weighted by molar-refractivity contribution is -0.116. The molecule has 12 heavy (non-hydrogen) atoms. The fourth-order valence-electron chi connectivity index (χ4n) is 0.659. The molecule has 1 nitrogen and oxygen atoms in total. The lowest BCUT2D eigenvalue weighted by atomic mass is 10.3. The minimum atomic E-state index is 0.234. The van der Waals surface area contributed by atoms with Crippen molar-refractivity contribution in [3.8, 4) is 0 Å². The van der Waals surface area contributed by atoms with Crippen molar-refractivity contribution in [3.63, 3.8) is 0 Å². The summed E-state index contributed by atoms with van der Waals surface area (Å²) in [6.45, 7) is 5.86. The molecule has 0 bridgehead atoms. The van der Waals surface area contributed by atoms with Crippen molar-refractivity contribution < 1.29 is 4.79 Å². The smallest absolute Gasteiger partial charge is 0.135 e. The normalized spacial score (nSPS) is 8.58. The van der Waals surface area contributed by atoms with E-state index < -0.39 is 0 Å². The van der Waals surface area contributed by atoms with E-state index in [9.17, 15) is 4.79 Å². The minimum absolute atomic E-state index is 0.234. The molecular weight excluding hydrogens is 168 g/mol. The maximum atomic E-state index is 10.5. The number of carbonyl (C=O) groups excluding carboxylic acids is 1. The monoisotopic (exact) mass is 184 g/mol. The first-order chi connectivity index (χ1) is 5.70. The van der Waals surface area contributed by atoms with E-state index >= 15 is 0 Å². The van der Waals surface area contributed by atoms with Crippen LogP contribution in [-0.2, 0) is 11.2 Å². The van der Waals surface area contributed by atoms with Gasteiger partial charge >= 0.3 is 0 Å². The highest BCUT2D eigenvalue weighted by molar-refractivity contribution is 7.10. The van der Waals surface area contributed by atoms with Gasteiger partial charge in [-0.2, -0.15) is 0 Å². The van der Waals surface area contributed by atoms with E-state index in [0.29, 0.717) is 6.42 Å². The lowest BCUT2D eigenvalue weighted by Gasteiger charge is -1.86. The molecule has 0 atom stereocenters. The Balaban J connectivity index is 0.000000354. The maximum Gasteiger partial charge on any atom is 0.135 e. The second kappa shape index (κ2) is 7.04. The van der Waals surface area contributed by atoms with Gasteiger partial charge in [0.15, 0.2) is 0 Å². The van der Waals surface area contributed by atoms with E-state index in [1.165, 1.54) is 6.42 Å². The molecule has 2 heteroatoms. The highest BCUT2D eigenvalue weighted by Gasteiger charge is 1.95. The van der Waals surface area contributed by atoms with Gasteiger partial charge in [0.25, 0.3) is 0 Å². The van der Waals surface area contributed by atoms with Crippen LogP contribution in [0.3, 0.4) is 0 Å². The number of rotatable bonds is 2. The second-order valence-corrected chi connectivity index (χ2v) is 3.70. The number of hydrogen-bond donors (Lipinski definition) is 0. The number of thiophene rings is 1. The molecule has 1 rings (SSSR count). The third-order valence-corrected chi connectivity index (χ3v) is 1.88. The molecule has 0 radical (unpaired) electrons. The second-order valence-electron chi connectivity index (χ2n) is 2.67. The van der Waals surface area contributed by atoms with Gasteiger partial charge in [0.05, 0.1) is 0 Å². The molecule has 68 valence electrons. The maximum absolute atomic E-state index is 10.5. The molecule has 1 aromatic heterocycles. The van der Waals surface area contributed by atoms with Crippen LogP contribution in [0.1, 0.15) is 32.1 Å². The van der Waals surface area contributed by atoms with E-state index in [4.69, 9.17) is 0 Å². The molecule has 0 saturated carbocycles. The summed E-state index contributed by atoms with van der Waals surface area (Å²) in [5, 5.41) is 1.98. The lowest BCUT2D eigenvalue weighted by Crippen LogP contribution is -1.92. The van der Waals surface area contributed by atoms with Gasteiger partial charge in [-0.1, -0.05) is 26.3 Å². The number of ketones is 1. The Bertz CT molecular complexity index is 202. The summed E-state index contributed by atoms with van der Waals surface area (Å²) in [5.74, 6) is 0.234. The molecule has 0 aliphatic heterocycles. The molecule has 0 unspecified atom stereocenters. The van der Waals surface area contributed by atoms with Crippen molar-refractivity contribution >= 4 is 17.1 Å². The van der Waals surface area contributed by atoms with Gasteiger partial charge in [0, 0.05) is 11.3 Å². The highest BCUT2D eigenvalue weighted by atomic mass is 32.1. The summed E-state index contributed by atoms with van der Waals surface area (Å²) in [6, 6.07) is 3.94. The van der Waals surface area contributed by atoms with Crippen molar-refractivity contribution in [2.45, 2.75) is 33.6 Å². The first-order valence-electron chi connectivity index (χ1n) is 4.22. The summed E-state index contributed by atoms with van der Waals surface area (Å²) < 4.78 is 0. The molecule has 0 aliphatic carbocycles. The van der Waals surface area contributed by atoms with Gasteiger partial charge in [0.2, 0.25) is 0 Å². The van der Waals surface area contributed by atoms with Crippen LogP contribution in [0.4, 0.5) is 0 Å². The van der Waals surface area contributed by atoms with Gasteiger partial charge in [-0.3, -0.25) is 4.79 Å². The van der Waals surface area contributed by atoms with Crippen LogP contribution in [0, 0.1) is 0 Å². The van der Waals surface area contributed by atoms with Gasteiger partial charge in [-0.05, 0) is 18.4 Å². The van der Waals surface area contributed by atoms with Gasteiger partial charge in [0.1, 0.15) is 5.78 Å².